The van der Waals surface area contributed by atoms with Gasteiger partial charge in [0.15, 0.2) is 0 Å². The Morgan fingerprint density at radius 3 is 3.00 bits per heavy atom. The van der Waals surface area contributed by atoms with Gasteiger partial charge in [-0.05, 0) is 24.6 Å². The number of methoxy groups -OCH3 is 1. The summed E-state index contributed by atoms with van der Waals surface area (Å²) < 4.78 is 10.7. The van der Waals surface area contributed by atoms with Gasteiger partial charge in [0, 0.05) is 0 Å². The maximum atomic E-state index is 5.87. The quantitative estimate of drug-likeness (QED) is 0.708. The van der Waals surface area contributed by atoms with Gasteiger partial charge in [-0.15, -0.1) is 0 Å². The fourth-order valence-corrected chi connectivity index (χ4v) is 1.65. The molecule has 0 amide bonds. The summed E-state index contributed by atoms with van der Waals surface area (Å²) in [6.45, 7) is 2.56. The van der Waals surface area contributed by atoms with E-state index < -0.39 is 0 Å². The van der Waals surface area contributed by atoms with Gasteiger partial charge in [0.2, 0.25) is 0 Å². The predicted molar refractivity (Wildman–Crippen MR) is 50.2 cm³/mol. The highest BCUT2D eigenvalue weighted by atomic mass is 16.5. The monoisotopic (exact) mass is 179 g/mol. The van der Waals surface area contributed by atoms with Crippen LogP contribution in [0.1, 0.15) is 17.2 Å². The lowest BCUT2D eigenvalue weighted by Crippen LogP contribution is -2.11. The van der Waals surface area contributed by atoms with Gasteiger partial charge in [-0.1, -0.05) is 0 Å². The van der Waals surface area contributed by atoms with Gasteiger partial charge in [0.1, 0.15) is 18.1 Å². The molecule has 2 rings (SSSR count). The second-order valence-corrected chi connectivity index (χ2v) is 3.30. The van der Waals surface area contributed by atoms with Crippen LogP contribution in [0.15, 0.2) is 12.1 Å². The van der Waals surface area contributed by atoms with Crippen LogP contribution in [-0.4, -0.2) is 13.7 Å². The number of aryl methyl sites for hydroxylation is 1. The van der Waals surface area contributed by atoms with Crippen LogP contribution < -0.4 is 15.2 Å². The summed E-state index contributed by atoms with van der Waals surface area (Å²) in [7, 11) is 1.65. The molecule has 2 N–H and O–H groups in total. The highest BCUT2D eigenvalue weighted by Gasteiger charge is 2.24. The molecule has 1 aromatic rings. The van der Waals surface area contributed by atoms with Crippen molar-refractivity contribution in [1.29, 1.82) is 0 Å². The van der Waals surface area contributed by atoms with Gasteiger partial charge >= 0.3 is 0 Å². The van der Waals surface area contributed by atoms with Gasteiger partial charge in [0.05, 0.1) is 18.7 Å². The maximum Gasteiger partial charge on any atom is 0.128 e. The highest BCUT2D eigenvalue weighted by molar-refractivity contribution is 5.51. The van der Waals surface area contributed by atoms with E-state index in [1.54, 1.807) is 7.11 Å². The van der Waals surface area contributed by atoms with E-state index in [9.17, 15) is 0 Å². The summed E-state index contributed by atoms with van der Waals surface area (Å²) in [5.74, 6) is 1.70. The fourth-order valence-electron chi connectivity index (χ4n) is 1.65. The lowest BCUT2D eigenvalue weighted by molar-refractivity contribution is 0.333. The summed E-state index contributed by atoms with van der Waals surface area (Å²) in [4.78, 5) is 0. The number of rotatable bonds is 1. The minimum Gasteiger partial charge on any atom is -0.496 e. The average molecular weight is 179 g/mol. The Labute approximate surface area is 77.5 Å². The van der Waals surface area contributed by atoms with Gasteiger partial charge < -0.3 is 15.2 Å². The Kier molecular flexibility index (Phi) is 1.88. The predicted octanol–water partition coefficient (Wildman–Crippen LogP) is 1.40. The van der Waals surface area contributed by atoms with Crippen molar-refractivity contribution in [2.45, 2.75) is 13.0 Å². The molecule has 0 unspecified atom stereocenters. The second-order valence-electron chi connectivity index (χ2n) is 3.30. The number of nitrogens with two attached hydrogens (primary N) is 1. The van der Waals surface area contributed by atoms with Crippen LogP contribution >= 0.6 is 0 Å². The first-order valence-corrected chi connectivity index (χ1v) is 4.29. The van der Waals surface area contributed by atoms with E-state index in [1.807, 2.05) is 19.1 Å². The number of hydrogen-bond donors (Lipinski definition) is 1. The standard InChI is InChI=1S/C10H13NO2/c1-6-3-8(12-2)10-7(11)5-13-9(10)4-6/h3-4,7H,5,11H2,1-2H3/t7-/m1/s1. The van der Waals surface area contributed by atoms with E-state index in [1.165, 1.54) is 0 Å². The molecule has 0 saturated heterocycles. The molecule has 0 fully saturated rings. The maximum absolute atomic E-state index is 5.87. The molecule has 0 radical (unpaired) electrons. The van der Waals surface area contributed by atoms with E-state index in [0.29, 0.717) is 6.61 Å². The van der Waals surface area contributed by atoms with Crippen molar-refractivity contribution in [3.05, 3.63) is 23.3 Å². The van der Waals surface area contributed by atoms with Crippen LogP contribution in [-0.2, 0) is 0 Å². The molecule has 1 aliphatic rings. The number of benzene rings is 1. The molecule has 1 aromatic carbocycles. The summed E-state index contributed by atoms with van der Waals surface area (Å²) >= 11 is 0. The molecule has 1 atom stereocenters. The zero-order chi connectivity index (χ0) is 9.42. The van der Waals surface area contributed by atoms with Crippen LogP contribution in [0.5, 0.6) is 11.5 Å². The first kappa shape index (κ1) is 8.38. The average Bonchev–Trinajstić information content (AvgIpc) is 2.46. The van der Waals surface area contributed by atoms with Gasteiger partial charge in [-0.2, -0.15) is 0 Å². The van der Waals surface area contributed by atoms with Crippen LogP contribution in [0.2, 0.25) is 0 Å². The van der Waals surface area contributed by atoms with Crippen molar-refractivity contribution in [2.24, 2.45) is 5.73 Å². The lowest BCUT2D eigenvalue weighted by Gasteiger charge is -2.09. The highest BCUT2D eigenvalue weighted by Crippen LogP contribution is 2.38. The topological polar surface area (TPSA) is 44.5 Å². The first-order chi connectivity index (χ1) is 6.22. The van der Waals surface area contributed by atoms with Crippen LogP contribution in [0.3, 0.4) is 0 Å². The lowest BCUT2D eigenvalue weighted by atomic mass is 10.1. The third-order valence-corrected chi connectivity index (χ3v) is 2.26. The summed E-state index contributed by atoms with van der Waals surface area (Å²) in [5.41, 5.74) is 7.99. The zero-order valence-electron chi connectivity index (χ0n) is 7.83. The zero-order valence-corrected chi connectivity index (χ0v) is 7.83. The van der Waals surface area contributed by atoms with Crippen molar-refractivity contribution in [1.82, 2.24) is 0 Å². The fraction of sp³-hybridized carbons (Fsp3) is 0.400. The van der Waals surface area contributed by atoms with Crippen molar-refractivity contribution >= 4 is 0 Å². The summed E-state index contributed by atoms with van der Waals surface area (Å²) in [6.07, 6.45) is 0. The van der Waals surface area contributed by atoms with E-state index in [4.69, 9.17) is 15.2 Å². The molecule has 1 heterocycles. The number of ether oxygens (including phenoxy) is 2. The van der Waals surface area contributed by atoms with Crippen molar-refractivity contribution < 1.29 is 9.47 Å². The Bertz CT molecular complexity index is 336. The third kappa shape index (κ3) is 1.25. The van der Waals surface area contributed by atoms with Crippen LogP contribution in [0.4, 0.5) is 0 Å². The van der Waals surface area contributed by atoms with Crippen molar-refractivity contribution in [2.75, 3.05) is 13.7 Å². The van der Waals surface area contributed by atoms with Crippen molar-refractivity contribution in [3.63, 3.8) is 0 Å². The van der Waals surface area contributed by atoms with E-state index in [-0.39, 0.29) is 6.04 Å². The number of hydrogen-bond acceptors (Lipinski definition) is 3. The minimum absolute atomic E-state index is 0.0504. The van der Waals surface area contributed by atoms with E-state index in [2.05, 4.69) is 0 Å². The molecule has 70 valence electrons. The van der Waals surface area contributed by atoms with E-state index >= 15 is 0 Å². The Morgan fingerprint density at radius 2 is 2.31 bits per heavy atom. The summed E-state index contributed by atoms with van der Waals surface area (Å²) in [5, 5.41) is 0. The molecule has 3 heteroatoms. The molecule has 0 saturated carbocycles. The largest absolute Gasteiger partial charge is 0.496 e. The summed E-state index contributed by atoms with van der Waals surface area (Å²) in [6, 6.07) is 3.92. The van der Waals surface area contributed by atoms with Gasteiger partial charge in [-0.25, -0.2) is 0 Å². The molecule has 0 bridgehead atoms. The number of fused-ring (bicyclic) bond motifs is 1. The van der Waals surface area contributed by atoms with Crippen LogP contribution in [0, 0.1) is 6.92 Å². The minimum atomic E-state index is -0.0504. The SMILES string of the molecule is COc1cc(C)cc2c1[C@H](N)CO2. The second kappa shape index (κ2) is 2.92. The molecular formula is C10H13NO2. The van der Waals surface area contributed by atoms with Gasteiger partial charge in [-0.3, -0.25) is 0 Å². The molecule has 13 heavy (non-hydrogen) atoms. The third-order valence-electron chi connectivity index (χ3n) is 2.26. The molecule has 3 nitrogen and oxygen atoms in total. The Balaban J connectivity index is 2.57. The smallest absolute Gasteiger partial charge is 0.128 e. The molecule has 0 aromatic heterocycles. The normalized spacial score (nSPS) is 19.5. The molecular weight excluding hydrogens is 166 g/mol. The molecule has 0 spiro atoms. The van der Waals surface area contributed by atoms with Gasteiger partial charge in [0.25, 0.3) is 0 Å². The van der Waals surface area contributed by atoms with E-state index in [0.717, 1.165) is 22.6 Å². The van der Waals surface area contributed by atoms with Crippen LogP contribution in [0.25, 0.3) is 0 Å². The Hall–Kier alpha value is -1.22. The Morgan fingerprint density at radius 1 is 1.54 bits per heavy atom. The van der Waals surface area contributed by atoms with Crippen molar-refractivity contribution in [3.8, 4) is 11.5 Å². The first-order valence-electron chi connectivity index (χ1n) is 4.29. The molecule has 1 aliphatic heterocycles. The molecule has 0 aliphatic carbocycles.